The summed E-state index contributed by atoms with van der Waals surface area (Å²) in [5.74, 6) is -1.68. The van der Waals surface area contributed by atoms with Crippen molar-refractivity contribution in [2.75, 3.05) is 38.2 Å². The minimum atomic E-state index is -3.73. The number of aryl methyl sites for hydroxylation is 2. The predicted octanol–water partition coefficient (Wildman–Crippen LogP) is 1.83. The molecule has 2 N–H and O–H groups in total. The van der Waals surface area contributed by atoms with E-state index in [9.17, 15) is 23.1 Å². The number of hydrogen-bond donors (Lipinski definition) is 2. The highest BCUT2D eigenvalue weighted by Crippen LogP contribution is 2.25. The Kier molecular flexibility index (Phi) is 6.94. The van der Waals surface area contributed by atoms with Crippen LogP contribution >= 0.6 is 0 Å². The first-order valence-electron chi connectivity index (χ1n) is 9.64. The number of rotatable bonds is 6. The largest absolute Gasteiger partial charge is 0.507 e. The Morgan fingerprint density at radius 2 is 1.84 bits per heavy atom. The Labute approximate surface area is 180 Å². The Hall–Kier alpha value is -2.95. The zero-order valence-electron chi connectivity index (χ0n) is 17.3. The summed E-state index contributed by atoms with van der Waals surface area (Å²) in [4.78, 5) is 24.4. The molecule has 2 aromatic carbocycles. The fraction of sp³-hybridized carbons (Fsp3) is 0.333. The van der Waals surface area contributed by atoms with Gasteiger partial charge >= 0.3 is 5.97 Å². The number of carbonyl (C=O) groups is 2. The summed E-state index contributed by atoms with van der Waals surface area (Å²) in [6.45, 7) is 3.91. The van der Waals surface area contributed by atoms with Gasteiger partial charge in [-0.15, -0.1) is 0 Å². The normalized spacial score (nSPS) is 14.8. The number of nitrogens with zero attached hydrogens (tertiary/aromatic N) is 1. The summed E-state index contributed by atoms with van der Waals surface area (Å²) in [6, 6.07) is 9.17. The Bertz CT molecular complexity index is 1090. The molecule has 0 aliphatic carbocycles. The van der Waals surface area contributed by atoms with Crippen LogP contribution in [0.5, 0.6) is 5.75 Å². The van der Waals surface area contributed by atoms with Gasteiger partial charge in [-0.3, -0.25) is 4.79 Å². The van der Waals surface area contributed by atoms with Gasteiger partial charge in [-0.25, -0.2) is 13.2 Å². The van der Waals surface area contributed by atoms with Crippen LogP contribution in [-0.4, -0.2) is 62.6 Å². The van der Waals surface area contributed by atoms with Crippen LogP contribution in [0.3, 0.4) is 0 Å². The molecule has 0 aromatic heterocycles. The third kappa shape index (κ3) is 5.22. The Balaban J connectivity index is 1.67. The van der Waals surface area contributed by atoms with Crippen LogP contribution < -0.4 is 5.32 Å². The molecule has 0 unspecified atom stereocenters. The second kappa shape index (κ2) is 9.46. The smallest absolute Gasteiger partial charge is 0.342 e. The maximum Gasteiger partial charge on any atom is 0.342 e. The number of sulfonamides is 1. The maximum absolute atomic E-state index is 12.9. The fourth-order valence-corrected chi connectivity index (χ4v) is 4.77. The van der Waals surface area contributed by atoms with Gasteiger partial charge in [0, 0.05) is 18.8 Å². The highest BCUT2D eigenvalue weighted by atomic mass is 32.2. The third-order valence-electron chi connectivity index (χ3n) is 4.85. The lowest BCUT2D eigenvalue weighted by Gasteiger charge is -2.26. The van der Waals surface area contributed by atoms with Gasteiger partial charge in [0.05, 0.1) is 18.1 Å². The van der Waals surface area contributed by atoms with E-state index in [1.165, 1.54) is 16.4 Å². The molecule has 10 heteroatoms. The number of anilines is 1. The van der Waals surface area contributed by atoms with E-state index in [1.54, 1.807) is 38.1 Å². The van der Waals surface area contributed by atoms with Gasteiger partial charge in [0.2, 0.25) is 10.0 Å². The molecule has 9 nitrogen and oxygen atoms in total. The first kappa shape index (κ1) is 22.7. The molecular formula is C21H24N2O7S. The molecule has 166 valence electrons. The minimum absolute atomic E-state index is 0.0398. The van der Waals surface area contributed by atoms with Crippen molar-refractivity contribution in [1.82, 2.24) is 4.31 Å². The van der Waals surface area contributed by atoms with Crippen LogP contribution in [-0.2, 0) is 24.3 Å². The maximum atomic E-state index is 12.9. The first-order valence-corrected chi connectivity index (χ1v) is 11.1. The average Bonchev–Trinajstić information content (AvgIpc) is 2.76. The van der Waals surface area contributed by atoms with Gasteiger partial charge in [0.15, 0.2) is 6.61 Å². The van der Waals surface area contributed by atoms with Crippen LogP contribution in [0.4, 0.5) is 5.69 Å². The number of carbonyl (C=O) groups excluding carboxylic acids is 2. The highest BCUT2D eigenvalue weighted by molar-refractivity contribution is 7.89. The minimum Gasteiger partial charge on any atom is -0.507 e. The molecule has 1 aliphatic heterocycles. The molecule has 1 amide bonds. The van der Waals surface area contributed by atoms with E-state index in [-0.39, 0.29) is 35.0 Å². The number of nitrogens with one attached hydrogen (secondary N) is 1. The number of hydrogen-bond acceptors (Lipinski definition) is 7. The van der Waals surface area contributed by atoms with Gasteiger partial charge in [-0.05, 0) is 43.2 Å². The first-order chi connectivity index (χ1) is 14.7. The number of morpholine rings is 1. The topological polar surface area (TPSA) is 122 Å². The number of phenolic OH excluding ortho intramolecular Hbond substituents is 1. The second-order valence-electron chi connectivity index (χ2n) is 7.09. The van der Waals surface area contributed by atoms with Gasteiger partial charge in [-0.1, -0.05) is 18.2 Å². The molecule has 0 atom stereocenters. The third-order valence-corrected chi connectivity index (χ3v) is 6.89. The summed E-state index contributed by atoms with van der Waals surface area (Å²) in [5.41, 5.74) is 1.28. The van der Waals surface area contributed by atoms with Crippen LogP contribution in [0.1, 0.15) is 21.5 Å². The van der Waals surface area contributed by atoms with Crippen molar-refractivity contribution in [1.29, 1.82) is 0 Å². The van der Waals surface area contributed by atoms with Gasteiger partial charge < -0.3 is 19.9 Å². The van der Waals surface area contributed by atoms with E-state index >= 15 is 0 Å². The van der Waals surface area contributed by atoms with E-state index in [4.69, 9.17) is 9.47 Å². The van der Waals surface area contributed by atoms with Crippen LogP contribution in [0.15, 0.2) is 41.3 Å². The molecule has 0 spiro atoms. The van der Waals surface area contributed by atoms with Crippen LogP contribution in [0.2, 0.25) is 0 Å². The van der Waals surface area contributed by atoms with E-state index in [2.05, 4.69) is 5.32 Å². The summed E-state index contributed by atoms with van der Waals surface area (Å²) in [6.07, 6.45) is 0. The van der Waals surface area contributed by atoms with E-state index in [0.717, 1.165) is 0 Å². The zero-order chi connectivity index (χ0) is 22.6. The zero-order valence-corrected chi connectivity index (χ0v) is 18.1. The molecule has 0 bridgehead atoms. The van der Waals surface area contributed by atoms with Crippen molar-refractivity contribution in [2.45, 2.75) is 18.7 Å². The number of para-hydroxylation sites is 1. The number of amides is 1. The monoisotopic (exact) mass is 448 g/mol. The van der Waals surface area contributed by atoms with Crippen molar-refractivity contribution in [3.8, 4) is 5.75 Å². The van der Waals surface area contributed by atoms with Crippen molar-refractivity contribution >= 4 is 27.6 Å². The summed E-state index contributed by atoms with van der Waals surface area (Å²) in [5, 5.41) is 12.5. The summed E-state index contributed by atoms with van der Waals surface area (Å²) >= 11 is 0. The fourth-order valence-electron chi connectivity index (χ4n) is 3.11. The predicted molar refractivity (Wildman–Crippen MR) is 113 cm³/mol. The standard InChI is InChI=1S/C21H24N2O7S/c1-14-6-7-16(12-18(14)31(27,28)23-8-10-29-11-9-23)22-19(24)13-30-21(26)17-5-3-4-15(2)20(17)25/h3-7,12,25H,8-11,13H2,1-2H3,(H,22,24). The van der Waals surface area contributed by atoms with Crippen molar-refractivity contribution in [2.24, 2.45) is 0 Å². The Morgan fingerprint density at radius 1 is 1.13 bits per heavy atom. The molecule has 0 radical (unpaired) electrons. The number of benzene rings is 2. The van der Waals surface area contributed by atoms with E-state index in [1.807, 2.05) is 0 Å². The molecule has 0 saturated carbocycles. The lowest BCUT2D eigenvalue weighted by Crippen LogP contribution is -2.40. The molecule has 3 rings (SSSR count). The quantitative estimate of drug-likeness (QED) is 0.647. The molecule has 2 aromatic rings. The molecule has 1 aliphatic rings. The lowest BCUT2D eigenvalue weighted by atomic mass is 10.1. The lowest BCUT2D eigenvalue weighted by molar-refractivity contribution is -0.119. The second-order valence-corrected chi connectivity index (χ2v) is 9.00. The number of phenols is 1. The summed E-state index contributed by atoms with van der Waals surface area (Å²) in [7, 11) is -3.73. The van der Waals surface area contributed by atoms with Gasteiger partial charge in [-0.2, -0.15) is 4.31 Å². The van der Waals surface area contributed by atoms with E-state index < -0.39 is 28.5 Å². The molecule has 1 saturated heterocycles. The van der Waals surface area contributed by atoms with Crippen molar-refractivity contribution < 1.29 is 32.6 Å². The number of esters is 1. The van der Waals surface area contributed by atoms with Crippen LogP contribution in [0, 0.1) is 13.8 Å². The average molecular weight is 448 g/mol. The Morgan fingerprint density at radius 3 is 2.55 bits per heavy atom. The summed E-state index contributed by atoms with van der Waals surface area (Å²) < 4.78 is 37.4. The molecule has 1 heterocycles. The molecular weight excluding hydrogens is 424 g/mol. The number of aromatic hydroxyl groups is 1. The molecule has 31 heavy (non-hydrogen) atoms. The van der Waals surface area contributed by atoms with E-state index in [0.29, 0.717) is 24.3 Å². The highest BCUT2D eigenvalue weighted by Gasteiger charge is 2.28. The van der Waals surface area contributed by atoms with Crippen LogP contribution in [0.25, 0.3) is 0 Å². The SMILES string of the molecule is Cc1ccc(NC(=O)COC(=O)c2cccc(C)c2O)cc1S(=O)(=O)N1CCOCC1. The molecule has 1 fully saturated rings. The van der Waals surface area contributed by atoms with Crippen molar-refractivity contribution in [3.63, 3.8) is 0 Å². The van der Waals surface area contributed by atoms with Gasteiger partial charge in [0.25, 0.3) is 5.91 Å². The van der Waals surface area contributed by atoms with Crippen molar-refractivity contribution in [3.05, 3.63) is 53.1 Å². The van der Waals surface area contributed by atoms with Gasteiger partial charge in [0.1, 0.15) is 11.3 Å². The number of ether oxygens (including phenoxy) is 2.